The van der Waals surface area contributed by atoms with Crippen LogP contribution in [0.5, 0.6) is 0 Å². The number of hydrogen-bond acceptors (Lipinski definition) is 4. The number of halogens is 1. The highest BCUT2D eigenvalue weighted by atomic mass is 35.5. The van der Waals surface area contributed by atoms with Gasteiger partial charge in [0.1, 0.15) is 10.1 Å². The van der Waals surface area contributed by atoms with E-state index in [0.29, 0.717) is 10.2 Å². The van der Waals surface area contributed by atoms with Gasteiger partial charge in [-0.3, -0.25) is 0 Å². The maximum atomic E-state index is 6.11. The Morgan fingerprint density at radius 3 is 2.28 bits per heavy atom. The highest BCUT2D eigenvalue weighted by molar-refractivity contribution is 7.99. The molecule has 0 atom stereocenters. The quantitative estimate of drug-likeness (QED) is 0.835. The minimum Gasteiger partial charge on any atom is -0.246 e. The molecule has 2 aromatic rings. The van der Waals surface area contributed by atoms with Crippen molar-refractivity contribution in [2.75, 3.05) is 0 Å². The Morgan fingerprint density at radius 1 is 0.944 bits per heavy atom. The van der Waals surface area contributed by atoms with Crippen LogP contribution in [0.15, 0.2) is 22.2 Å². The maximum absolute atomic E-state index is 6.11. The van der Waals surface area contributed by atoms with Crippen LogP contribution in [0.25, 0.3) is 0 Å². The zero-order valence-electron chi connectivity index (χ0n) is 10.8. The van der Waals surface area contributed by atoms with Crippen LogP contribution in [-0.2, 0) is 0 Å². The van der Waals surface area contributed by atoms with E-state index in [1.165, 1.54) is 17.3 Å². The lowest BCUT2D eigenvalue weighted by Gasteiger charge is -2.07. The van der Waals surface area contributed by atoms with Gasteiger partial charge >= 0.3 is 0 Å². The lowest BCUT2D eigenvalue weighted by molar-refractivity contribution is 0.951. The molecule has 3 nitrogen and oxygen atoms in total. The van der Waals surface area contributed by atoms with Crippen molar-refractivity contribution in [1.29, 1.82) is 0 Å². The number of aromatic nitrogens is 3. The molecule has 5 heteroatoms. The van der Waals surface area contributed by atoms with Crippen LogP contribution in [0.1, 0.15) is 22.6 Å². The largest absolute Gasteiger partial charge is 0.246 e. The molecular formula is C13H14ClN3S. The fourth-order valence-corrected chi connectivity index (χ4v) is 2.81. The molecule has 0 aliphatic rings. The first-order valence-electron chi connectivity index (χ1n) is 5.59. The first-order valence-corrected chi connectivity index (χ1v) is 6.79. The fourth-order valence-electron chi connectivity index (χ4n) is 1.58. The van der Waals surface area contributed by atoms with Crippen LogP contribution in [-0.4, -0.2) is 15.0 Å². The molecule has 0 amide bonds. The molecule has 0 saturated heterocycles. The van der Waals surface area contributed by atoms with Crippen molar-refractivity contribution < 1.29 is 0 Å². The van der Waals surface area contributed by atoms with E-state index in [1.54, 1.807) is 0 Å². The van der Waals surface area contributed by atoms with E-state index in [2.05, 4.69) is 15.0 Å². The molecule has 2 aromatic heterocycles. The molecule has 0 bridgehead atoms. The molecule has 0 fully saturated rings. The van der Waals surface area contributed by atoms with Gasteiger partial charge in [-0.1, -0.05) is 11.6 Å². The van der Waals surface area contributed by atoms with E-state index in [4.69, 9.17) is 11.6 Å². The molecule has 94 valence electrons. The highest BCUT2D eigenvalue weighted by Crippen LogP contribution is 2.30. The number of nitrogens with zero attached hydrogens (tertiary/aromatic N) is 3. The summed E-state index contributed by atoms with van der Waals surface area (Å²) in [5.41, 5.74) is 3.92. The summed E-state index contributed by atoms with van der Waals surface area (Å²) in [7, 11) is 0. The van der Waals surface area contributed by atoms with Gasteiger partial charge in [-0.2, -0.15) is 0 Å². The van der Waals surface area contributed by atoms with Crippen LogP contribution in [0.3, 0.4) is 0 Å². The van der Waals surface area contributed by atoms with E-state index >= 15 is 0 Å². The lowest BCUT2D eigenvalue weighted by atomic mass is 10.3. The maximum Gasteiger partial charge on any atom is 0.161 e. The first-order chi connectivity index (χ1) is 8.45. The van der Waals surface area contributed by atoms with E-state index in [1.807, 2.05) is 39.8 Å². The van der Waals surface area contributed by atoms with Crippen molar-refractivity contribution in [1.82, 2.24) is 15.0 Å². The third kappa shape index (κ3) is 3.00. The third-order valence-electron chi connectivity index (χ3n) is 2.51. The van der Waals surface area contributed by atoms with Crippen LogP contribution in [0.2, 0.25) is 5.15 Å². The SMILES string of the molecule is Cc1cc(C)nc(Sc2nc(C)c(C)nc2Cl)c1. The summed E-state index contributed by atoms with van der Waals surface area (Å²) in [6.45, 7) is 7.85. The summed E-state index contributed by atoms with van der Waals surface area (Å²) in [6.07, 6.45) is 0. The zero-order valence-corrected chi connectivity index (χ0v) is 12.4. The van der Waals surface area contributed by atoms with Crippen molar-refractivity contribution in [3.63, 3.8) is 0 Å². The smallest absolute Gasteiger partial charge is 0.161 e. The van der Waals surface area contributed by atoms with Gasteiger partial charge in [0, 0.05) is 5.69 Å². The van der Waals surface area contributed by atoms with Crippen LogP contribution >= 0.6 is 23.4 Å². The molecule has 18 heavy (non-hydrogen) atoms. The predicted octanol–water partition coefficient (Wildman–Crippen LogP) is 3.91. The first kappa shape index (κ1) is 13.3. The number of hydrogen-bond donors (Lipinski definition) is 0. The average Bonchev–Trinajstić information content (AvgIpc) is 2.24. The van der Waals surface area contributed by atoms with Gasteiger partial charge < -0.3 is 0 Å². The van der Waals surface area contributed by atoms with Gasteiger partial charge in [-0.15, -0.1) is 0 Å². The Morgan fingerprint density at radius 2 is 1.61 bits per heavy atom. The topological polar surface area (TPSA) is 38.7 Å². The van der Waals surface area contributed by atoms with Crippen LogP contribution in [0.4, 0.5) is 0 Å². The minimum atomic E-state index is 0.434. The number of rotatable bonds is 2. The number of pyridine rings is 1. The Bertz CT molecular complexity index is 579. The van der Waals surface area contributed by atoms with Crippen molar-refractivity contribution in [2.45, 2.75) is 37.7 Å². The molecule has 0 aliphatic carbocycles. The summed E-state index contributed by atoms with van der Waals surface area (Å²) in [4.78, 5) is 13.2. The van der Waals surface area contributed by atoms with Crippen LogP contribution in [0, 0.1) is 27.7 Å². The second-order valence-electron chi connectivity index (χ2n) is 4.22. The monoisotopic (exact) mass is 279 g/mol. The summed E-state index contributed by atoms with van der Waals surface area (Å²) in [6, 6.07) is 4.06. The van der Waals surface area contributed by atoms with E-state index in [0.717, 1.165) is 22.1 Å². The Kier molecular flexibility index (Phi) is 3.88. The molecule has 0 saturated carbocycles. The minimum absolute atomic E-state index is 0.434. The predicted molar refractivity (Wildman–Crippen MR) is 74.4 cm³/mol. The molecule has 0 unspecified atom stereocenters. The molecule has 0 aliphatic heterocycles. The highest BCUT2D eigenvalue weighted by Gasteiger charge is 2.10. The molecular weight excluding hydrogens is 266 g/mol. The van der Waals surface area contributed by atoms with Gasteiger partial charge in [0.2, 0.25) is 0 Å². The van der Waals surface area contributed by atoms with Crippen LogP contribution < -0.4 is 0 Å². The summed E-state index contributed by atoms with van der Waals surface area (Å²) < 4.78 is 0. The summed E-state index contributed by atoms with van der Waals surface area (Å²) >= 11 is 7.56. The molecule has 0 N–H and O–H groups in total. The fraction of sp³-hybridized carbons (Fsp3) is 0.308. The average molecular weight is 280 g/mol. The third-order valence-corrected chi connectivity index (χ3v) is 3.78. The van der Waals surface area contributed by atoms with E-state index in [9.17, 15) is 0 Å². The van der Waals surface area contributed by atoms with Gasteiger partial charge in [0.25, 0.3) is 0 Å². The second kappa shape index (κ2) is 5.24. The summed E-state index contributed by atoms with van der Waals surface area (Å²) in [5, 5.41) is 2.04. The molecule has 2 rings (SSSR count). The summed E-state index contributed by atoms with van der Waals surface area (Å²) in [5.74, 6) is 0. The van der Waals surface area contributed by atoms with Gasteiger partial charge in [0.15, 0.2) is 5.15 Å². The van der Waals surface area contributed by atoms with E-state index < -0.39 is 0 Å². The standard InChI is InChI=1S/C13H14ClN3S/c1-7-5-8(2)15-11(6-7)18-13-12(14)16-9(3)10(4)17-13/h5-6H,1-4H3. The van der Waals surface area contributed by atoms with Gasteiger partial charge in [-0.25, -0.2) is 15.0 Å². The molecule has 0 radical (unpaired) electrons. The van der Waals surface area contributed by atoms with Crippen molar-refractivity contribution >= 4 is 23.4 Å². The Hall–Kier alpha value is -1.13. The van der Waals surface area contributed by atoms with Gasteiger partial charge in [0.05, 0.1) is 11.4 Å². The van der Waals surface area contributed by atoms with E-state index in [-0.39, 0.29) is 0 Å². The molecule has 0 aromatic carbocycles. The lowest BCUT2D eigenvalue weighted by Crippen LogP contribution is -1.96. The molecule has 2 heterocycles. The van der Waals surface area contributed by atoms with Gasteiger partial charge in [-0.05, 0) is 57.2 Å². The van der Waals surface area contributed by atoms with Crippen molar-refractivity contribution in [2.24, 2.45) is 0 Å². The zero-order chi connectivity index (χ0) is 13.3. The Labute approximate surface area is 116 Å². The van der Waals surface area contributed by atoms with Crippen molar-refractivity contribution in [3.8, 4) is 0 Å². The Balaban J connectivity index is 2.36. The van der Waals surface area contributed by atoms with Crippen molar-refractivity contribution in [3.05, 3.63) is 39.9 Å². The normalized spacial score (nSPS) is 10.7. The number of aryl methyl sites for hydroxylation is 4. The second-order valence-corrected chi connectivity index (χ2v) is 5.58. The molecule has 0 spiro atoms.